The number of hydrogen-bond donors (Lipinski definition) is 3. The van der Waals surface area contributed by atoms with Gasteiger partial charge < -0.3 is 21.1 Å². The molecular formula is C21H24N4O2S. The summed E-state index contributed by atoms with van der Waals surface area (Å²) in [6.45, 7) is 3.68. The number of hydrogen-bond acceptors (Lipinski definition) is 6. The van der Waals surface area contributed by atoms with Crippen molar-refractivity contribution in [1.82, 2.24) is 4.98 Å². The third kappa shape index (κ3) is 5.23. The summed E-state index contributed by atoms with van der Waals surface area (Å²) in [5.41, 5.74) is 8.36. The maximum Gasteiger partial charge on any atom is 0.229 e. The molecule has 0 saturated carbocycles. The Kier molecular flexibility index (Phi) is 6.49. The molecule has 0 unspecified atom stereocenters. The van der Waals surface area contributed by atoms with Crippen LogP contribution in [-0.2, 0) is 17.6 Å². The number of likely N-dealkylation sites (N-methyl/N-ethyl adjacent to an activating group) is 1. The van der Waals surface area contributed by atoms with Crippen LogP contribution in [0.5, 0.6) is 5.75 Å². The normalized spacial score (nSPS) is 10.6. The number of phenolic OH excluding ortho intramolecular Hbond substituents is 1. The molecule has 1 heterocycles. The Bertz CT molecular complexity index is 924. The number of aromatic hydroxyl groups is 1. The quantitative estimate of drug-likeness (QED) is 0.540. The van der Waals surface area contributed by atoms with E-state index in [-0.39, 0.29) is 12.3 Å². The lowest BCUT2D eigenvalue weighted by molar-refractivity contribution is -0.115. The second kappa shape index (κ2) is 9.23. The second-order valence-corrected chi connectivity index (χ2v) is 7.55. The van der Waals surface area contributed by atoms with Crippen molar-refractivity contribution in [1.29, 1.82) is 0 Å². The van der Waals surface area contributed by atoms with Crippen LogP contribution in [0.3, 0.4) is 0 Å². The van der Waals surface area contributed by atoms with Gasteiger partial charge in [0.15, 0.2) is 5.13 Å². The number of nitrogens with one attached hydrogen (secondary N) is 1. The summed E-state index contributed by atoms with van der Waals surface area (Å²) in [7, 11) is 0. The fourth-order valence-corrected chi connectivity index (χ4v) is 3.65. The van der Waals surface area contributed by atoms with E-state index in [1.165, 1.54) is 16.9 Å². The number of carbonyl (C=O) groups is 1. The van der Waals surface area contributed by atoms with Crippen LogP contribution in [0.15, 0.2) is 54.7 Å². The van der Waals surface area contributed by atoms with Gasteiger partial charge in [0.05, 0.1) is 12.1 Å². The van der Waals surface area contributed by atoms with Crippen LogP contribution in [0.25, 0.3) is 0 Å². The van der Waals surface area contributed by atoms with Crippen LogP contribution < -0.4 is 16.0 Å². The molecular weight excluding hydrogens is 372 g/mol. The first-order valence-corrected chi connectivity index (χ1v) is 9.98. The summed E-state index contributed by atoms with van der Waals surface area (Å²) in [4.78, 5) is 19.1. The molecule has 3 rings (SSSR count). The molecule has 0 atom stereocenters. The predicted octanol–water partition coefficient (Wildman–Crippen LogP) is 3.68. The summed E-state index contributed by atoms with van der Waals surface area (Å²) in [6, 6.07) is 15.2. The predicted molar refractivity (Wildman–Crippen MR) is 115 cm³/mol. The van der Waals surface area contributed by atoms with Crippen LogP contribution in [0.1, 0.15) is 17.4 Å². The van der Waals surface area contributed by atoms with E-state index in [1.54, 1.807) is 12.3 Å². The van der Waals surface area contributed by atoms with Gasteiger partial charge in [-0.05, 0) is 43.2 Å². The van der Waals surface area contributed by atoms with Crippen molar-refractivity contribution < 1.29 is 9.90 Å². The van der Waals surface area contributed by atoms with E-state index >= 15 is 0 Å². The molecule has 28 heavy (non-hydrogen) atoms. The van der Waals surface area contributed by atoms with Crippen molar-refractivity contribution >= 4 is 33.8 Å². The summed E-state index contributed by atoms with van der Waals surface area (Å²) >= 11 is 1.32. The van der Waals surface area contributed by atoms with Gasteiger partial charge in [-0.25, -0.2) is 4.98 Å². The zero-order chi connectivity index (χ0) is 19.9. The third-order valence-electron chi connectivity index (χ3n) is 4.42. The fraction of sp³-hybridized carbons (Fsp3) is 0.238. The number of amides is 1. The first-order valence-electron chi connectivity index (χ1n) is 9.17. The molecule has 0 fully saturated rings. The minimum atomic E-state index is -0.0897. The first kappa shape index (κ1) is 19.7. The highest BCUT2D eigenvalue weighted by Gasteiger charge is 2.10. The van der Waals surface area contributed by atoms with E-state index < -0.39 is 0 Å². The molecule has 2 aromatic carbocycles. The molecule has 0 radical (unpaired) electrons. The molecule has 0 aliphatic rings. The van der Waals surface area contributed by atoms with Gasteiger partial charge in [-0.15, -0.1) is 11.3 Å². The van der Waals surface area contributed by atoms with E-state index in [4.69, 9.17) is 5.73 Å². The average molecular weight is 397 g/mol. The maximum absolute atomic E-state index is 12.1. The van der Waals surface area contributed by atoms with E-state index in [9.17, 15) is 9.90 Å². The molecule has 4 N–H and O–H groups in total. The number of benzene rings is 2. The first-order chi connectivity index (χ1) is 13.5. The monoisotopic (exact) mass is 396 g/mol. The molecule has 0 bridgehead atoms. The van der Waals surface area contributed by atoms with Crippen molar-refractivity contribution in [2.24, 2.45) is 0 Å². The van der Waals surface area contributed by atoms with E-state index in [0.29, 0.717) is 10.9 Å². The van der Waals surface area contributed by atoms with Gasteiger partial charge in [0.1, 0.15) is 5.75 Å². The van der Waals surface area contributed by atoms with E-state index in [2.05, 4.69) is 22.1 Å². The van der Waals surface area contributed by atoms with Crippen LogP contribution >= 0.6 is 11.3 Å². The number of thiazole rings is 1. The minimum absolute atomic E-state index is 0.0897. The average Bonchev–Trinajstić information content (AvgIpc) is 3.09. The highest BCUT2D eigenvalue weighted by molar-refractivity contribution is 7.15. The number of phenols is 1. The summed E-state index contributed by atoms with van der Waals surface area (Å²) in [6.07, 6.45) is 2.74. The number of anilines is 3. The molecule has 1 aromatic heterocycles. The Morgan fingerprint density at radius 1 is 1.21 bits per heavy atom. The topological polar surface area (TPSA) is 91.5 Å². The van der Waals surface area contributed by atoms with Gasteiger partial charge >= 0.3 is 0 Å². The number of rotatable bonds is 8. The smallest absolute Gasteiger partial charge is 0.229 e. The zero-order valence-electron chi connectivity index (χ0n) is 15.8. The lowest BCUT2D eigenvalue weighted by Crippen LogP contribution is -2.25. The lowest BCUT2D eigenvalue weighted by Gasteiger charge is -2.24. The Labute approximate surface area is 168 Å². The van der Waals surface area contributed by atoms with Crippen LogP contribution in [0.4, 0.5) is 16.5 Å². The van der Waals surface area contributed by atoms with Crippen LogP contribution in [-0.4, -0.2) is 29.1 Å². The Morgan fingerprint density at radius 3 is 2.61 bits per heavy atom. The van der Waals surface area contributed by atoms with Gasteiger partial charge in [-0.2, -0.15) is 0 Å². The Morgan fingerprint density at radius 2 is 1.96 bits per heavy atom. The number of nitrogen functional groups attached to an aromatic ring is 1. The Balaban J connectivity index is 1.54. The second-order valence-electron chi connectivity index (χ2n) is 6.41. The van der Waals surface area contributed by atoms with E-state index in [0.717, 1.165) is 35.8 Å². The summed E-state index contributed by atoms with van der Waals surface area (Å²) < 4.78 is 0. The molecule has 3 aromatic rings. The molecule has 0 spiro atoms. The molecule has 1 amide bonds. The van der Waals surface area contributed by atoms with Gasteiger partial charge in [0.25, 0.3) is 0 Å². The van der Waals surface area contributed by atoms with Crippen molar-refractivity contribution in [3.8, 4) is 5.75 Å². The molecule has 0 aliphatic carbocycles. The number of aromatic nitrogens is 1. The van der Waals surface area contributed by atoms with Gasteiger partial charge in [-0.1, -0.05) is 24.3 Å². The van der Waals surface area contributed by atoms with Crippen molar-refractivity contribution in [3.05, 3.63) is 65.2 Å². The van der Waals surface area contributed by atoms with Crippen molar-refractivity contribution in [3.63, 3.8) is 0 Å². The number of carbonyl (C=O) groups excluding carboxylic acids is 1. The van der Waals surface area contributed by atoms with Crippen LogP contribution in [0.2, 0.25) is 0 Å². The van der Waals surface area contributed by atoms with Crippen molar-refractivity contribution in [2.45, 2.75) is 19.8 Å². The third-order valence-corrected chi connectivity index (χ3v) is 5.24. The molecule has 0 aliphatic heterocycles. The minimum Gasteiger partial charge on any atom is -0.506 e. The van der Waals surface area contributed by atoms with Crippen molar-refractivity contribution in [2.75, 3.05) is 29.0 Å². The number of nitrogens with two attached hydrogens (primary N) is 1. The molecule has 7 heteroatoms. The Hall–Kier alpha value is -3.06. The lowest BCUT2D eigenvalue weighted by atomic mass is 10.1. The van der Waals surface area contributed by atoms with Crippen LogP contribution in [0, 0.1) is 0 Å². The zero-order valence-corrected chi connectivity index (χ0v) is 16.6. The SMILES string of the molecule is CCN(CCc1ccc(NC(=O)Cc2cnc(N)s2)cc1)c1ccccc1O. The molecule has 0 saturated heterocycles. The van der Waals surface area contributed by atoms with E-state index in [1.807, 2.05) is 42.5 Å². The summed E-state index contributed by atoms with van der Waals surface area (Å²) in [5.74, 6) is 0.207. The van der Waals surface area contributed by atoms with Gasteiger partial charge in [0, 0.05) is 29.9 Å². The number of para-hydroxylation sites is 2. The summed E-state index contributed by atoms with van der Waals surface area (Å²) in [5, 5.41) is 13.4. The largest absolute Gasteiger partial charge is 0.506 e. The fourth-order valence-electron chi connectivity index (χ4n) is 2.97. The maximum atomic E-state index is 12.1. The standard InChI is InChI=1S/C21H24N4O2S/c1-2-25(18-5-3-4-6-19(18)26)12-11-15-7-9-16(10-8-15)24-20(27)13-17-14-23-21(22)28-17/h3-10,14,26H,2,11-13H2,1H3,(H2,22,23)(H,24,27). The molecule has 146 valence electrons. The van der Waals surface area contributed by atoms with Gasteiger partial charge in [-0.3, -0.25) is 4.79 Å². The molecule has 6 nitrogen and oxygen atoms in total. The highest BCUT2D eigenvalue weighted by Crippen LogP contribution is 2.26. The van der Waals surface area contributed by atoms with Gasteiger partial charge in [0.2, 0.25) is 5.91 Å². The highest BCUT2D eigenvalue weighted by atomic mass is 32.1. The number of nitrogens with zero attached hydrogens (tertiary/aromatic N) is 2.